The number of aliphatic hydroxyl groups excluding tert-OH is 1. The number of carbonyl (C=O) groups is 6. The van der Waals surface area contributed by atoms with Crippen LogP contribution in [0.25, 0.3) is 0 Å². The summed E-state index contributed by atoms with van der Waals surface area (Å²) in [6, 6.07) is 0. The molecule has 3 fully saturated rings. The molecule has 2 aliphatic heterocycles. The van der Waals surface area contributed by atoms with Crippen molar-refractivity contribution in [2.75, 3.05) is 13.2 Å². The summed E-state index contributed by atoms with van der Waals surface area (Å²) in [5.74, 6) is -7.73. The van der Waals surface area contributed by atoms with Gasteiger partial charge in [0.05, 0.1) is 18.6 Å². The fraction of sp³-hybridized carbons (Fsp3) is 0.667. The average Bonchev–Trinajstić information content (AvgIpc) is 3.67. The number of aliphatic hydroxyl groups is 2. The molecule has 0 radical (unpaired) electrons. The third kappa shape index (κ3) is 5.95. The highest BCUT2D eigenvalue weighted by atomic mass is 16.7. The first-order chi connectivity index (χ1) is 20.9. The smallest absolute Gasteiger partial charge is 0.312 e. The fourth-order valence-corrected chi connectivity index (χ4v) is 6.96. The standard InChI is InChI=1S/C30H38O15/c1-13-27(37)45-21-10-19(11-39-14(2)31)8-9-20(36)28(7)23(26(30(13,21)38)44-18(6)35)29(12-40-29)25(43-17(5)34)22(41-15(3)32)24(28)42-16(4)33/h8-10,13,20-26,36,38H,11-12H2,1-7H3/b9-8-,19-10+/t13-,20-,21-,22+,23+,24-,25+,26-,28+,29-,30-/m0/s1. The number of fused-ring (bicyclic) bond motifs is 3. The van der Waals surface area contributed by atoms with Gasteiger partial charge < -0.3 is 43.4 Å². The van der Waals surface area contributed by atoms with Gasteiger partial charge in [-0.1, -0.05) is 19.1 Å². The van der Waals surface area contributed by atoms with Crippen LogP contribution in [0.5, 0.6) is 0 Å². The molecule has 0 aromatic carbocycles. The molecular weight excluding hydrogens is 600 g/mol. The van der Waals surface area contributed by atoms with E-state index in [0.717, 1.165) is 27.7 Å². The monoisotopic (exact) mass is 638 g/mol. The summed E-state index contributed by atoms with van der Waals surface area (Å²) < 4.78 is 39.5. The van der Waals surface area contributed by atoms with Gasteiger partial charge in [-0.15, -0.1) is 0 Å². The molecule has 1 saturated carbocycles. The van der Waals surface area contributed by atoms with E-state index in [2.05, 4.69) is 0 Å². The molecule has 2 saturated heterocycles. The Hall–Kier alpha value is -3.82. The summed E-state index contributed by atoms with van der Waals surface area (Å²) in [5, 5.41) is 24.6. The second-order valence-corrected chi connectivity index (χ2v) is 12.0. The van der Waals surface area contributed by atoms with Crippen LogP contribution in [0.15, 0.2) is 23.8 Å². The molecule has 4 aliphatic rings. The van der Waals surface area contributed by atoms with Crippen molar-refractivity contribution in [1.29, 1.82) is 0 Å². The molecule has 0 aromatic rings. The molecule has 0 unspecified atom stereocenters. The summed E-state index contributed by atoms with van der Waals surface area (Å²) in [6.07, 6.45) is -5.63. The summed E-state index contributed by atoms with van der Waals surface area (Å²) in [7, 11) is 0. The lowest BCUT2D eigenvalue weighted by atomic mass is 9.51. The predicted octanol–water partition coefficient (Wildman–Crippen LogP) is -0.169. The van der Waals surface area contributed by atoms with Crippen molar-refractivity contribution in [2.45, 2.75) is 96.3 Å². The van der Waals surface area contributed by atoms with E-state index in [1.807, 2.05) is 0 Å². The lowest BCUT2D eigenvalue weighted by Crippen LogP contribution is -2.75. The van der Waals surface area contributed by atoms with Crippen LogP contribution in [0.3, 0.4) is 0 Å². The van der Waals surface area contributed by atoms with Gasteiger partial charge in [0.1, 0.15) is 18.3 Å². The Kier molecular flexibility index (Phi) is 9.21. The normalized spacial score (nSPS) is 42.0. The van der Waals surface area contributed by atoms with Gasteiger partial charge in [-0.25, -0.2) is 0 Å². The molecule has 15 heteroatoms. The minimum Gasteiger partial charge on any atom is -0.461 e. The summed E-state index contributed by atoms with van der Waals surface area (Å²) in [6.45, 7) is 7.71. The maximum Gasteiger partial charge on any atom is 0.312 e. The molecular formula is C30H38O15. The van der Waals surface area contributed by atoms with Gasteiger partial charge in [-0.3, -0.25) is 28.8 Å². The molecule has 2 heterocycles. The van der Waals surface area contributed by atoms with Gasteiger partial charge in [0, 0.05) is 46.0 Å². The second kappa shape index (κ2) is 12.2. The molecule has 248 valence electrons. The highest BCUT2D eigenvalue weighted by molar-refractivity contribution is 5.78. The lowest BCUT2D eigenvalue weighted by Gasteiger charge is -2.58. The minimum atomic E-state index is -2.38. The number of epoxide rings is 1. The molecule has 2 aliphatic carbocycles. The van der Waals surface area contributed by atoms with Crippen molar-refractivity contribution >= 4 is 35.8 Å². The molecule has 0 aromatic heterocycles. The molecule has 0 amide bonds. The quantitative estimate of drug-likeness (QED) is 0.220. The van der Waals surface area contributed by atoms with Crippen LogP contribution in [0, 0.1) is 17.3 Å². The maximum atomic E-state index is 13.1. The Morgan fingerprint density at radius 2 is 1.42 bits per heavy atom. The topological polar surface area (TPSA) is 211 Å². The number of hydrogen-bond acceptors (Lipinski definition) is 15. The van der Waals surface area contributed by atoms with Gasteiger partial charge in [-0.2, -0.15) is 0 Å². The van der Waals surface area contributed by atoms with Crippen molar-refractivity contribution in [3.05, 3.63) is 23.8 Å². The van der Waals surface area contributed by atoms with Crippen LogP contribution >= 0.6 is 0 Å². The van der Waals surface area contributed by atoms with E-state index in [1.54, 1.807) is 0 Å². The van der Waals surface area contributed by atoms with Crippen LogP contribution in [0.2, 0.25) is 0 Å². The molecule has 15 nitrogen and oxygen atoms in total. The van der Waals surface area contributed by atoms with Crippen molar-refractivity contribution in [1.82, 2.24) is 0 Å². The van der Waals surface area contributed by atoms with Crippen LogP contribution in [0.1, 0.15) is 48.5 Å². The summed E-state index contributed by atoms with van der Waals surface area (Å²) in [5.41, 5.74) is -5.77. The third-order valence-electron chi connectivity index (χ3n) is 8.99. The number of carbonyl (C=O) groups excluding carboxylic acids is 6. The lowest BCUT2D eigenvalue weighted by molar-refractivity contribution is -0.277. The Morgan fingerprint density at radius 1 is 0.889 bits per heavy atom. The molecule has 4 rings (SSSR count). The minimum absolute atomic E-state index is 0.185. The maximum absolute atomic E-state index is 13.1. The Labute approximate surface area is 258 Å². The van der Waals surface area contributed by atoms with Crippen LogP contribution in [-0.4, -0.2) is 107 Å². The Balaban J connectivity index is 2.09. The Bertz CT molecular complexity index is 1330. The predicted molar refractivity (Wildman–Crippen MR) is 146 cm³/mol. The van der Waals surface area contributed by atoms with E-state index >= 15 is 0 Å². The van der Waals surface area contributed by atoms with Gasteiger partial charge in [0.25, 0.3) is 0 Å². The van der Waals surface area contributed by atoms with Crippen molar-refractivity contribution < 1.29 is 72.1 Å². The highest BCUT2D eigenvalue weighted by Crippen LogP contribution is 2.62. The average molecular weight is 639 g/mol. The summed E-state index contributed by atoms with van der Waals surface area (Å²) >= 11 is 0. The zero-order chi connectivity index (χ0) is 33.6. The van der Waals surface area contributed by atoms with E-state index in [4.69, 9.17) is 33.2 Å². The first-order valence-electron chi connectivity index (χ1n) is 14.4. The van der Waals surface area contributed by atoms with Crippen molar-refractivity contribution in [3.63, 3.8) is 0 Å². The van der Waals surface area contributed by atoms with Crippen molar-refractivity contribution in [2.24, 2.45) is 17.3 Å². The van der Waals surface area contributed by atoms with Crippen LogP contribution in [-0.2, 0) is 61.9 Å². The van der Waals surface area contributed by atoms with E-state index in [0.29, 0.717) is 0 Å². The number of rotatable bonds is 6. The van der Waals surface area contributed by atoms with Gasteiger partial charge in [0.2, 0.25) is 0 Å². The van der Waals surface area contributed by atoms with E-state index in [-0.39, 0.29) is 18.8 Å². The Morgan fingerprint density at radius 3 is 1.93 bits per heavy atom. The highest BCUT2D eigenvalue weighted by Gasteiger charge is 2.80. The first kappa shape index (κ1) is 34.1. The molecule has 1 spiro atoms. The van der Waals surface area contributed by atoms with Crippen LogP contribution in [0.4, 0.5) is 0 Å². The zero-order valence-electron chi connectivity index (χ0n) is 26.0. The largest absolute Gasteiger partial charge is 0.461 e. The van der Waals surface area contributed by atoms with Gasteiger partial charge in [0.15, 0.2) is 30.0 Å². The number of ether oxygens (including phenoxy) is 7. The van der Waals surface area contributed by atoms with Crippen molar-refractivity contribution in [3.8, 4) is 0 Å². The molecule has 45 heavy (non-hydrogen) atoms. The van der Waals surface area contributed by atoms with E-state index in [9.17, 15) is 39.0 Å². The molecule has 0 bridgehead atoms. The summed E-state index contributed by atoms with van der Waals surface area (Å²) in [4.78, 5) is 74.9. The number of esters is 6. The van der Waals surface area contributed by atoms with E-state index in [1.165, 1.54) is 39.0 Å². The first-order valence-corrected chi connectivity index (χ1v) is 14.4. The van der Waals surface area contributed by atoms with Gasteiger partial charge in [-0.05, 0) is 18.6 Å². The second-order valence-electron chi connectivity index (χ2n) is 12.0. The fourth-order valence-electron chi connectivity index (χ4n) is 6.96. The van der Waals surface area contributed by atoms with Gasteiger partial charge >= 0.3 is 35.8 Å². The van der Waals surface area contributed by atoms with E-state index < -0.39 is 101 Å². The zero-order valence-corrected chi connectivity index (χ0v) is 26.0. The SMILES string of the molecule is CC(=O)OCC1=C/[C@@H]2OC(=O)[C@H](C)[C@@]2(O)[C@@H](OC(C)=O)[C@H]2[C@@]3(CO3)[C@H](OC(C)=O)[C@H](OC(C)=O)[C@H](OC(C)=O)[C@]2(C)[C@@H](O)/C=C\1. The molecule has 11 atom stereocenters. The molecule has 2 N–H and O–H groups in total. The number of hydrogen-bond donors (Lipinski definition) is 2. The third-order valence-corrected chi connectivity index (χ3v) is 8.99. The van der Waals surface area contributed by atoms with Crippen LogP contribution < -0.4 is 0 Å².